The first-order chi connectivity index (χ1) is 9.08. The van der Waals surface area contributed by atoms with Crippen LogP contribution < -0.4 is 10.6 Å². The predicted octanol–water partition coefficient (Wildman–Crippen LogP) is 0.558. The van der Waals surface area contributed by atoms with Crippen molar-refractivity contribution in [2.75, 3.05) is 25.0 Å². The molecule has 0 unspecified atom stereocenters. The lowest BCUT2D eigenvalue weighted by molar-refractivity contribution is -0.384. The number of nitro groups is 1. The van der Waals surface area contributed by atoms with E-state index in [1.807, 2.05) is 0 Å². The maximum absolute atomic E-state index is 11.7. The first-order valence-electron chi connectivity index (χ1n) is 5.64. The van der Waals surface area contributed by atoms with Crippen LogP contribution in [0.25, 0.3) is 0 Å². The van der Waals surface area contributed by atoms with Crippen molar-refractivity contribution in [3.05, 3.63) is 34.4 Å². The van der Waals surface area contributed by atoms with E-state index in [0.29, 0.717) is 18.8 Å². The Morgan fingerprint density at radius 3 is 2.95 bits per heavy atom. The number of urea groups is 1. The topological polar surface area (TPSA) is 105 Å². The number of nitrogens with zero attached hydrogens (tertiary/aromatic N) is 2. The molecule has 2 rings (SSSR count). The van der Waals surface area contributed by atoms with Gasteiger partial charge < -0.3 is 10.6 Å². The van der Waals surface area contributed by atoms with Crippen LogP contribution >= 0.6 is 0 Å². The first kappa shape index (κ1) is 12.8. The van der Waals surface area contributed by atoms with Crippen LogP contribution in [-0.2, 0) is 4.79 Å². The Bertz CT molecular complexity index is 531. The molecule has 0 aliphatic carbocycles. The number of nitro benzene ring substituents is 1. The molecule has 1 fully saturated rings. The van der Waals surface area contributed by atoms with Crippen molar-refractivity contribution < 1.29 is 14.5 Å². The Morgan fingerprint density at radius 2 is 2.32 bits per heavy atom. The molecular formula is C11H12N4O4. The molecule has 1 aromatic rings. The molecule has 1 aromatic carbocycles. The van der Waals surface area contributed by atoms with Gasteiger partial charge in [0.25, 0.3) is 5.69 Å². The van der Waals surface area contributed by atoms with E-state index in [0.717, 1.165) is 4.90 Å². The lowest BCUT2D eigenvalue weighted by atomic mass is 10.3. The van der Waals surface area contributed by atoms with Gasteiger partial charge >= 0.3 is 6.03 Å². The van der Waals surface area contributed by atoms with Crippen LogP contribution in [0.4, 0.5) is 16.2 Å². The fourth-order valence-electron chi connectivity index (χ4n) is 1.71. The average molecular weight is 264 g/mol. The van der Waals surface area contributed by atoms with Crippen molar-refractivity contribution in [2.45, 2.75) is 0 Å². The van der Waals surface area contributed by atoms with E-state index in [4.69, 9.17) is 0 Å². The highest BCUT2D eigenvalue weighted by molar-refractivity contribution is 5.97. The van der Waals surface area contributed by atoms with Crippen LogP contribution in [-0.4, -0.2) is 41.4 Å². The smallest absolute Gasteiger partial charge is 0.324 e. The largest absolute Gasteiger partial charge is 0.376 e. The molecule has 0 atom stereocenters. The zero-order valence-electron chi connectivity index (χ0n) is 9.96. The first-order valence-corrected chi connectivity index (χ1v) is 5.64. The van der Waals surface area contributed by atoms with Gasteiger partial charge in [-0.1, -0.05) is 6.07 Å². The van der Waals surface area contributed by atoms with Gasteiger partial charge in [-0.2, -0.15) is 0 Å². The predicted molar refractivity (Wildman–Crippen MR) is 66.7 cm³/mol. The minimum Gasteiger partial charge on any atom is -0.376 e. The van der Waals surface area contributed by atoms with Crippen molar-refractivity contribution in [2.24, 2.45) is 0 Å². The van der Waals surface area contributed by atoms with Gasteiger partial charge in [0, 0.05) is 30.9 Å². The molecule has 8 heteroatoms. The summed E-state index contributed by atoms with van der Waals surface area (Å²) in [5.74, 6) is -0.374. The zero-order valence-corrected chi connectivity index (χ0v) is 9.96. The number of anilines is 1. The van der Waals surface area contributed by atoms with Crippen molar-refractivity contribution >= 4 is 23.3 Å². The SMILES string of the molecule is O=C(CNc1cccc([N+](=O)[O-])c1)N1CCNC1=O. The molecule has 1 aliphatic heterocycles. The van der Waals surface area contributed by atoms with Crippen LogP contribution in [0.15, 0.2) is 24.3 Å². The van der Waals surface area contributed by atoms with Crippen LogP contribution in [0.2, 0.25) is 0 Å². The Labute approximate surface area is 108 Å². The molecule has 0 aromatic heterocycles. The van der Waals surface area contributed by atoms with Gasteiger partial charge in [0.2, 0.25) is 5.91 Å². The van der Waals surface area contributed by atoms with E-state index >= 15 is 0 Å². The molecule has 1 saturated heterocycles. The molecule has 0 bridgehead atoms. The second-order valence-electron chi connectivity index (χ2n) is 3.94. The number of hydrogen-bond donors (Lipinski definition) is 2. The van der Waals surface area contributed by atoms with Gasteiger partial charge in [0.1, 0.15) is 0 Å². The number of nitrogens with one attached hydrogen (secondary N) is 2. The number of non-ortho nitro benzene ring substituents is 1. The molecule has 100 valence electrons. The zero-order chi connectivity index (χ0) is 13.8. The van der Waals surface area contributed by atoms with Crippen LogP contribution in [0, 0.1) is 10.1 Å². The number of carbonyl (C=O) groups is 2. The maximum atomic E-state index is 11.7. The summed E-state index contributed by atoms with van der Waals surface area (Å²) in [6.07, 6.45) is 0. The molecule has 0 radical (unpaired) electrons. The summed E-state index contributed by atoms with van der Waals surface area (Å²) < 4.78 is 0. The summed E-state index contributed by atoms with van der Waals surface area (Å²) in [5, 5.41) is 15.9. The van der Waals surface area contributed by atoms with Gasteiger partial charge in [-0.25, -0.2) is 4.79 Å². The van der Waals surface area contributed by atoms with Crippen LogP contribution in [0.1, 0.15) is 0 Å². The van der Waals surface area contributed by atoms with Gasteiger partial charge in [-0.05, 0) is 6.07 Å². The molecule has 1 aliphatic rings. The highest BCUT2D eigenvalue weighted by atomic mass is 16.6. The number of imide groups is 1. The fourth-order valence-corrected chi connectivity index (χ4v) is 1.71. The van der Waals surface area contributed by atoms with E-state index in [-0.39, 0.29) is 18.1 Å². The fraction of sp³-hybridized carbons (Fsp3) is 0.273. The van der Waals surface area contributed by atoms with Crippen LogP contribution in [0.3, 0.4) is 0 Å². The molecule has 0 spiro atoms. The average Bonchev–Trinajstić information content (AvgIpc) is 2.82. The van der Waals surface area contributed by atoms with E-state index in [9.17, 15) is 19.7 Å². The van der Waals surface area contributed by atoms with Gasteiger partial charge in [0.05, 0.1) is 11.5 Å². The van der Waals surface area contributed by atoms with E-state index in [1.165, 1.54) is 18.2 Å². The van der Waals surface area contributed by atoms with Gasteiger partial charge in [-0.15, -0.1) is 0 Å². The Hall–Kier alpha value is -2.64. The molecule has 3 amide bonds. The quantitative estimate of drug-likeness (QED) is 0.610. The summed E-state index contributed by atoms with van der Waals surface area (Å²) in [6, 6.07) is 5.42. The van der Waals surface area contributed by atoms with E-state index in [1.54, 1.807) is 6.07 Å². The maximum Gasteiger partial charge on any atom is 0.324 e. The summed E-state index contributed by atoms with van der Waals surface area (Å²) >= 11 is 0. The second-order valence-corrected chi connectivity index (χ2v) is 3.94. The molecule has 19 heavy (non-hydrogen) atoms. The summed E-state index contributed by atoms with van der Waals surface area (Å²) in [4.78, 5) is 34.1. The Kier molecular flexibility index (Phi) is 3.60. The Morgan fingerprint density at radius 1 is 1.53 bits per heavy atom. The van der Waals surface area contributed by atoms with Crippen molar-refractivity contribution in [3.8, 4) is 0 Å². The monoisotopic (exact) mass is 264 g/mol. The van der Waals surface area contributed by atoms with E-state index < -0.39 is 11.0 Å². The molecule has 2 N–H and O–H groups in total. The molecule has 1 heterocycles. The number of benzene rings is 1. The minimum atomic E-state index is -0.513. The number of rotatable bonds is 4. The summed E-state index contributed by atoms with van der Waals surface area (Å²) in [6.45, 7) is 0.699. The van der Waals surface area contributed by atoms with Crippen molar-refractivity contribution in [3.63, 3.8) is 0 Å². The third-order valence-electron chi connectivity index (χ3n) is 2.66. The Balaban J connectivity index is 1.95. The van der Waals surface area contributed by atoms with Crippen molar-refractivity contribution in [1.29, 1.82) is 0 Å². The summed E-state index contributed by atoms with van der Waals surface area (Å²) in [7, 11) is 0. The summed E-state index contributed by atoms with van der Waals surface area (Å²) in [5.41, 5.74) is 0.401. The number of carbonyl (C=O) groups excluding carboxylic acids is 2. The van der Waals surface area contributed by atoms with Crippen LogP contribution in [0.5, 0.6) is 0 Å². The second kappa shape index (κ2) is 5.34. The molecule has 0 saturated carbocycles. The highest BCUT2D eigenvalue weighted by Gasteiger charge is 2.25. The van der Waals surface area contributed by atoms with Gasteiger partial charge in [0.15, 0.2) is 0 Å². The number of amides is 3. The number of hydrogen-bond acceptors (Lipinski definition) is 5. The van der Waals surface area contributed by atoms with E-state index in [2.05, 4.69) is 10.6 Å². The molecular weight excluding hydrogens is 252 g/mol. The molecule has 8 nitrogen and oxygen atoms in total. The normalized spacial score (nSPS) is 14.1. The third-order valence-corrected chi connectivity index (χ3v) is 2.66. The van der Waals surface area contributed by atoms with Gasteiger partial charge in [-0.3, -0.25) is 19.8 Å². The highest BCUT2D eigenvalue weighted by Crippen LogP contribution is 2.16. The van der Waals surface area contributed by atoms with Crippen molar-refractivity contribution in [1.82, 2.24) is 10.2 Å². The minimum absolute atomic E-state index is 0.0589. The lowest BCUT2D eigenvalue weighted by Gasteiger charge is -2.13. The lowest BCUT2D eigenvalue weighted by Crippen LogP contribution is -2.37. The third kappa shape index (κ3) is 2.97. The standard InChI is InChI=1S/C11H12N4O4/c16-10(14-5-4-12-11(14)17)7-13-8-2-1-3-9(6-8)15(18)19/h1-3,6,13H,4-5,7H2,(H,12,17).